The summed E-state index contributed by atoms with van der Waals surface area (Å²) < 4.78 is 39.7. The van der Waals surface area contributed by atoms with Crippen molar-refractivity contribution < 1.29 is 23.0 Å². The minimum Gasteiger partial charge on any atom is -0.406 e. The van der Waals surface area contributed by atoms with Gasteiger partial charge in [0.2, 0.25) is 0 Å². The molecule has 0 fully saturated rings. The second-order valence-corrected chi connectivity index (χ2v) is 3.78. The van der Waals surface area contributed by atoms with Crippen molar-refractivity contribution in [3.8, 4) is 5.75 Å². The topological polar surface area (TPSA) is 55.5 Å². The maximum atomic E-state index is 12.0. The van der Waals surface area contributed by atoms with Crippen molar-refractivity contribution in [3.05, 3.63) is 29.8 Å². The van der Waals surface area contributed by atoms with E-state index in [2.05, 4.69) is 4.74 Å². The molecular weight excluding hydrogens is 235 g/mol. The summed E-state index contributed by atoms with van der Waals surface area (Å²) in [6, 6.07) is 5.25. The summed E-state index contributed by atoms with van der Waals surface area (Å²) in [5, 5.41) is 9.79. The Labute approximate surface area is 97.0 Å². The highest BCUT2D eigenvalue weighted by atomic mass is 19.4. The molecule has 0 aromatic heterocycles. The van der Waals surface area contributed by atoms with Crippen LogP contribution in [0.1, 0.15) is 18.6 Å². The fourth-order valence-corrected chi connectivity index (χ4v) is 1.35. The first-order valence-electron chi connectivity index (χ1n) is 5.07. The molecule has 0 bridgehead atoms. The lowest BCUT2D eigenvalue weighted by molar-refractivity contribution is -0.274. The van der Waals surface area contributed by atoms with Crippen molar-refractivity contribution in [1.82, 2.24) is 0 Å². The molecule has 0 aliphatic rings. The minimum atomic E-state index is -4.73. The lowest BCUT2D eigenvalue weighted by atomic mass is 9.97. The van der Waals surface area contributed by atoms with Crippen molar-refractivity contribution in [3.63, 3.8) is 0 Å². The van der Waals surface area contributed by atoms with Crippen molar-refractivity contribution in [2.45, 2.75) is 19.4 Å². The summed E-state index contributed by atoms with van der Waals surface area (Å²) in [5.74, 6) is -0.589. The average Bonchev–Trinajstić information content (AvgIpc) is 2.25. The zero-order valence-electron chi connectivity index (χ0n) is 9.24. The monoisotopic (exact) mass is 249 g/mol. The Kier molecular flexibility index (Phi) is 4.36. The van der Waals surface area contributed by atoms with Crippen LogP contribution in [-0.4, -0.2) is 18.0 Å². The molecule has 0 heterocycles. The van der Waals surface area contributed by atoms with E-state index in [1.165, 1.54) is 18.2 Å². The van der Waals surface area contributed by atoms with E-state index in [9.17, 15) is 18.3 Å². The van der Waals surface area contributed by atoms with Crippen LogP contribution < -0.4 is 10.5 Å². The Hall–Kier alpha value is -1.27. The molecule has 1 aromatic carbocycles. The number of hydrogen-bond acceptors (Lipinski definition) is 3. The van der Waals surface area contributed by atoms with Crippen LogP contribution in [0.25, 0.3) is 0 Å². The zero-order valence-corrected chi connectivity index (χ0v) is 9.24. The maximum Gasteiger partial charge on any atom is 0.573 e. The number of nitrogens with two attached hydrogens (primary N) is 1. The largest absolute Gasteiger partial charge is 0.573 e. The number of halogens is 3. The molecule has 0 amide bonds. The fourth-order valence-electron chi connectivity index (χ4n) is 1.35. The third kappa shape index (κ3) is 4.24. The van der Waals surface area contributed by atoms with Gasteiger partial charge in [0, 0.05) is 0 Å². The molecule has 0 saturated carbocycles. The van der Waals surface area contributed by atoms with E-state index in [1.807, 2.05) is 0 Å². The standard InChI is InChI=1S/C11H14F3NO2/c1-7(6-15)10(16)8-3-2-4-9(5-8)17-11(12,13)14/h2-5,7,10,16H,6,15H2,1H3. The van der Waals surface area contributed by atoms with Gasteiger partial charge in [-0.05, 0) is 30.2 Å². The third-order valence-electron chi connectivity index (χ3n) is 2.34. The van der Waals surface area contributed by atoms with Crippen molar-refractivity contribution in [2.24, 2.45) is 11.7 Å². The van der Waals surface area contributed by atoms with E-state index in [4.69, 9.17) is 5.73 Å². The Balaban J connectivity index is 2.86. The van der Waals surface area contributed by atoms with Crippen LogP contribution in [0.5, 0.6) is 5.75 Å². The molecule has 17 heavy (non-hydrogen) atoms. The second-order valence-electron chi connectivity index (χ2n) is 3.78. The molecule has 3 nitrogen and oxygen atoms in total. The molecule has 0 saturated heterocycles. The van der Waals surface area contributed by atoms with E-state index >= 15 is 0 Å². The molecule has 0 radical (unpaired) electrons. The number of aliphatic hydroxyl groups excluding tert-OH is 1. The molecule has 96 valence electrons. The van der Waals surface area contributed by atoms with Crippen LogP contribution in [0, 0.1) is 5.92 Å². The van der Waals surface area contributed by atoms with Gasteiger partial charge < -0.3 is 15.6 Å². The van der Waals surface area contributed by atoms with E-state index in [-0.39, 0.29) is 18.2 Å². The molecule has 0 aliphatic heterocycles. The lowest BCUT2D eigenvalue weighted by Crippen LogP contribution is -2.20. The van der Waals surface area contributed by atoms with Gasteiger partial charge in [0.15, 0.2) is 0 Å². The normalized spacial score (nSPS) is 15.4. The van der Waals surface area contributed by atoms with Gasteiger partial charge in [-0.1, -0.05) is 19.1 Å². The summed E-state index contributed by atoms with van der Waals surface area (Å²) in [6.45, 7) is 1.95. The van der Waals surface area contributed by atoms with E-state index < -0.39 is 12.5 Å². The lowest BCUT2D eigenvalue weighted by Gasteiger charge is -2.18. The Morgan fingerprint density at radius 1 is 1.41 bits per heavy atom. The van der Waals surface area contributed by atoms with Crippen molar-refractivity contribution >= 4 is 0 Å². The molecule has 3 N–H and O–H groups in total. The van der Waals surface area contributed by atoms with E-state index in [1.54, 1.807) is 6.92 Å². The maximum absolute atomic E-state index is 12.0. The Morgan fingerprint density at radius 3 is 2.59 bits per heavy atom. The molecular formula is C11H14F3NO2. The van der Waals surface area contributed by atoms with Gasteiger partial charge in [-0.15, -0.1) is 13.2 Å². The highest BCUT2D eigenvalue weighted by Crippen LogP contribution is 2.27. The third-order valence-corrected chi connectivity index (χ3v) is 2.34. The Bertz CT molecular complexity index is 368. The van der Waals surface area contributed by atoms with Crippen LogP contribution in [0.3, 0.4) is 0 Å². The summed E-state index contributed by atoms with van der Waals surface area (Å²) in [4.78, 5) is 0. The molecule has 6 heteroatoms. The predicted octanol–water partition coefficient (Wildman–Crippen LogP) is 2.21. The van der Waals surface area contributed by atoms with Crippen LogP contribution in [-0.2, 0) is 0 Å². The highest BCUT2D eigenvalue weighted by molar-refractivity contribution is 5.30. The highest BCUT2D eigenvalue weighted by Gasteiger charge is 2.31. The predicted molar refractivity (Wildman–Crippen MR) is 56.3 cm³/mol. The first-order valence-corrected chi connectivity index (χ1v) is 5.07. The number of rotatable bonds is 4. The second kappa shape index (κ2) is 5.37. The number of hydrogen-bond donors (Lipinski definition) is 2. The van der Waals surface area contributed by atoms with Gasteiger partial charge >= 0.3 is 6.36 Å². The summed E-state index contributed by atoms with van der Waals surface area (Å²) in [5.41, 5.74) is 5.73. The smallest absolute Gasteiger partial charge is 0.406 e. The van der Waals surface area contributed by atoms with Crippen molar-refractivity contribution in [1.29, 1.82) is 0 Å². The van der Waals surface area contributed by atoms with Gasteiger partial charge in [0.05, 0.1) is 6.10 Å². The van der Waals surface area contributed by atoms with Gasteiger partial charge in [0.1, 0.15) is 5.75 Å². The van der Waals surface area contributed by atoms with E-state index in [0.29, 0.717) is 5.56 Å². The summed E-state index contributed by atoms with van der Waals surface area (Å²) in [6.07, 6.45) is -5.64. The minimum absolute atomic E-state index is 0.240. The number of aliphatic hydroxyl groups is 1. The molecule has 0 aliphatic carbocycles. The van der Waals surface area contributed by atoms with Crippen LogP contribution in [0.4, 0.5) is 13.2 Å². The SMILES string of the molecule is CC(CN)C(O)c1cccc(OC(F)(F)F)c1. The van der Waals surface area contributed by atoms with Crippen LogP contribution in [0.15, 0.2) is 24.3 Å². The van der Waals surface area contributed by atoms with Crippen LogP contribution in [0.2, 0.25) is 0 Å². The van der Waals surface area contributed by atoms with Gasteiger partial charge in [-0.2, -0.15) is 0 Å². The molecule has 1 aromatic rings. The van der Waals surface area contributed by atoms with Gasteiger partial charge in [0.25, 0.3) is 0 Å². The number of alkyl halides is 3. The quantitative estimate of drug-likeness (QED) is 0.860. The van der Waals surface area contributed by atoms with Crippen LogP contribution >= 0.6 is 0 Å². The molecule has 2 atom stereocenters. The van der Waals surface area contributed by atoms with Crippen molar-refractivity contribution in [2.75, 3.05) is 6.54 Å². The number of benzene rings is 1. The summed E-state index contributed by atoms with van der Waals surface area (Å²) >= 11 is 0. The Morgan fingerprint density at radius 2 is 2.06 bits per heavy atom. The number of ether oxygens (including phenoxy) is 1. The molecule has 1 rings (SSSR count). The first kappa shape index (κ1) is 13.8. The first-order chi connectivity index (χ1) is 7.83. The fraction of sp³-hybridized carbons (Fsp3) is 0.455. The average molecular weight is 249 g/mol. The van der Waals surface area contributed by atoms with Gasteiger partial charge in [-0.3, -0.25) is 0 Å². The molecule has 0 spiro atoms. The summed E-state index contributed by atoms with van der Waals surface area (Å²) in [7, 11) is 0. The van der Waals surface area contributed by atoms with E-state index in [0.717, 1.165) is 6.07 Å². The van der Waals surface area contributed by atoms with Gasteiger partial charge in [-0.25, -0.2) is 0 Å². The molecule has 2 unspecified atom stereocenters. The zero-order chi connectivity index (χ0) is 13.1.